The molecule has 0 aliphatic rings. The quantitative estimate of drug-likeness (QED) is 0.900. The summed E-state index contributed by atoms with van der Waals surface area (Å²) in [5.74, 6) is -0.309. The SMILES string of the molecule is CCn1ccc(C(=O)Nc2cn(C)nc2C)cc1=O. The first kappa shape index (κ1) is 13.1. The molecule has 0 aliphatic heterocycles. The molecular weight excluding hydrogens is 244 g/mol. The van der Waals surface area contributed by atoms with Crippen LogP contribution in [0.4, 0.5) is 5.69 Å². The van der Waals surface area contributed by atoms with Crippen LogP contribution in [0.3, 0.4) is 0 Å². The lowest BCUT2D eigenvalue weighted by atomic mass is 10.2. The topological polar surface area (TPSA) is 68.9 Å². The number of hydrogen-bond donors (Lipinski definition) is 1. The van der Waals surface area contributed by atoms with E-state index < -0.39 is 0 Å². The van der Waals surface area contributed by atoms with Crippen molar-refractivity contribution >= 4 is 11.6 Å². The molecule has 0 bridgehead atoms. The minimum Gasteiger partial charge on any atom is -0.319 e. The number of nitrogens with zero attached hydrogens (tertiary/aromatic N) is 3. The Bertz CT molecular complexity index is 670. The van der Waals surface area contributed by atoms with Crippen LogP contribution in [0.2, 0.25) is 0 Å². The average molecular weight is 260 g/mol. The number of amides is 1. The van der Waals surface area contributed by atoms with Crippen LogP contribution in [0, 0.1) is 6.92 Å². The predicted octanol–water partition coefficient (Wildman–Crippen LogP) is 1.16. The molecule has 0 radical (unpaired) electrons. The Balaban J connectivity index is 2.23. The highest BCUT2D eigenvalue weighted by Crippen LogP contribution is 2.12. The number of carbonyl (C=O) groups excluding carboxylic acids is 1. The lowest BCUT2D eigenvalue weighted by Gasteiger charge is -2.05. The standard InChI is InChI=1S/C13H16N4O2/c1-4-17-6-5-10(7-12(17)18)13(19)14-11-8-16(3)15-9(11)2/h5-8H,4H2,1-3H3,(H,14,19). The Morgan fingerprint density at radius 2 is 2.21 bits per heavy atom. The number of pyridine rings is 1. The molecule has 0 saturated heterocycles. The van der Waals surface area contributed by atoms with Crippen molar-refractivity contribution in [3.8, 4) is 0 Å². The molecule has 1 N–H and O–H groups in total. The normalized spacial score (nSPS) is 10.5. The largest absolute Gasteiger partial charge is 0.319 e. The molecular formula is C13H16N4O2. The summed E-state index contributed by atoms with van der Waals surface area (Å²) in [4.78, 5) is 23.7. The van der Waals surface area contributed by atoms with E-state index in [-0.39, 0.29) is 11.5 Å². The van der Waals surface area contributed by atoms with Gasteiger partial charge in [0.1, 0.15) is 0 Å². The molecule has 0 aliphatic carbocycles. The fourth-order valence-corrected chi connectivity index (χ4v) is 1.83. The Labute approximate surface area is 110 Å². The van der Waals surface area contributed by atoms with E-state index >= 15 is 0 Å². The first-order valence-electron chi connectivity index (χ1n) is 6.03. The summed E-state index contributed by atoms with van der Waals surface area (Å²) in [6.45, 7) is 4.27. The molecule has 19 heavy (non-hydrogen) atoms. The van der Waals surface area contributed by atoms with E-state index in [1.807, 2.05) is 13.8 Å². The summed E-state index contributed by atoms with van der Waals surface area (Å²) >= 11 is 0. The summed E-state index contributed by atoms with van der Waals surface area (Å²) < 4.78 is 3.16. The molecule has 6 heteroatoms. The van der Waals surface area contributed by atoms with Crippen LogP contribution in [0.25, 0.3) is 0 Å². The molecule has 0 spiro atoms. The van der Waals surface area contributed by atoms with Gasteiger partial charge in [-0.2, -0.15) is 5.10 Å². The van der Waals surface area contributed by atoms with Gasteiger partial charge in [-0.15, -0.1) is 0 Å². The fourth-order valence-electron chi connectivity index (χ4n) is 1.83. The average Bonchev–Trinajstić information content (AvgIpc) is 2.67. The molecule has 2 aromatic heterocycles. The molecule has 6 nitrogen and oxygen atoms in total. The maximum absolute atomic E-state index is 12.0. The van der Waals surface area contributed by atoms with Crippen LogP contribution in [0.1, 0.15) is 23.0 Å². The third kappa shape index (κ3) is 2.73. The summed E-state index contributed by atoms with van der Waals surface area (Å²) in [7, 11) is 1.78. The van der Waals surface area contributed by atoms with Gasteiger partial charge in [-0.1, -0.05) is 0 Å². The van der Waals surface area contributed by atoms with E-state index in [2.05, 4.69) is 10.4 Å². The van der Waals surface area contributed by atoms with Crippen LogP contribution in [0.15, 0.2) is 29.3 Å². The van der Waals surface area contributed by atoms with Crippen LogP contribution in [-0.2, 0) is 13.6 Å². The summed E-state index contributed by atoms with van der Waals surface area (Å²) in [6, 6.07) is 2.97. The zero-order chi connectivity index (χ0) is 14.0. The molecule has 0 aromatic carbocycles. The second kappa shape index (κ2) is 5.09. The molecule has 2 rings (SSSR count). The van der Waals surface area contributed by atoms with Gasteiger partial charge in [0, 0.05) is 37.6 Å². The van der Waals surface area contributed by atoms with E-state index in [4.69, 9.17) is 0 Å². The molecule has 2 heterocycles. The van der Waals surface area contributed by atoms with Crippen molar-refractivity contribution in [1.29, 1.82) is 0 Å². The minimum atomic E-state index is -0.309. The van der Waals surface area contributed by atoms with Gasteiger partial charge in [0.05, 0.1) is 11.4 Å². The maximum Gasteiger partial charge on any atom is 0.256 e. The number of rotatable bonds is 3. The Morgan fingerprint density at radius 1 is 1.47 bits per heavy atom. The lowest BCUT2D eigenvalue weighted by Crippen LogP contribution is -2.21. The lowest BCUT2D eigenvalue weighted by molar-refractivity contribution is 0.102. The number of nitrogens with one attached hydrogen (secondary N) is 1. The number of aryl methyl sites for hydroxylation is 3. The van der Waals surface area contributed by atoms with E-state index in [1.165, 1.54) is 10.6 Å². The first-order chi connectivity index (χ1) is 9.01. The van der Waals surface area contributed by atoms with Crippen LogP contribution < -0.4 is 10.9 Å². The Morgan fingerprint density at radius 3 is 2.74 bits per heavy atom. The van der Waals surface area contributed by atoms with Crippen molar-refractivity contribution in [2.75, 3.05) is 5.32 Å². The Hall–Kier alpha value is -2.37. The molecule has 100 valence electrons. The highest BCUT2D eigenvalue weighted by Gasteiger charge is 2.10. The number of hydrogen-bond acceptors (Lipinski definition) is 3. The van der Waals surface area contributed by atoms with E-state index in [9.17, 15) is 9.59 Å². The fraction of sp³-hybridized carbons (Fsp3) is 0.308. The summed E-state index contributed by atoms with van der Waals surface area (Å²) in [5, 5.41) is 6.88. The van der Waals surface area contributed by atoms with E-state index in [0.717, 1.165) is 5.69 Å². The van der Waals surface area contributed by atoms with Crippen molar-refractivity contribution in [3.05, 3.63) is 46.1 Å². The van der Waals surface area contributed by atoms with E-state index in [0.29, 0.717) is 17.8 Å². The van der Waals surface area contributed by atoms with Gasteiger partial charge in [-0.25, -0.2) is 0 Å². The van der Waals surface area contributed by atoms with Gasteiger partial charge in [0.15, 0.2) is 0 Å². The highest BCUT2D eigenvalue weighted by atomic mass is 16.2. The third-order valence-corrected chi connectivity index (χ3v) is 2.86. The van der Waals surface area contributed by atoms with Crippen molar-refractivity contribution in [3.63, 3.8) is 0 Å². The van der Waals surface area contributed by atoms with Gasteiger partial charge < -0.3 is 9.88 Å². The van der Waals surface area contributed by atoms with Crippen molar-refractivity contribution in [2.45, 2.75) is 20.4 Å². The molecule has 0 saturated carbocycles. The van der Waals surface area contributed by atoms with Gasteiger partial charge in [-0.05, 0) is 19.9 Å². The molecule has 0 atom stereocenters. The van der Waals surface area contributed by atoms with Crippen molar-refractivity contribution in [2.24, 2.45) is 7.05 Å². The monoisotopic (exact) mass is 260 g/mol. The Kier molecular flexibility index (Phi) is 3.50. The second-order valence-corrected chi connectivity index (χ2v) is 4.30. The number of anilines is 1. The van der Waals surface area contributed by atoms with Crippen LogP contribution in [0.5, 0.6) is 0 Å². The minimum absolute atomic E-state index is 0.182. The van der Waals surface area contributed by atoms with E-state index in [1.54, 1.807) is 30.2 Å². The van der Waals surface area contributed by atoms with Crippen molar-refractivity contribution < 1.29 is 4.79 Å². The molecule has 1 amide bonds. The summed E-state index contributed by atoms with van der Waals surface area (Å²) in [6.07, 6.45) is 3.34. The van der Waals surface area contributed by atoms with Gasteiger partial charge in [-0.3, -0.25) is 14.3 Å². The van der Waals surface area contributed by atoms with Crippen molar-refractivity contribution in [1.82, 2.24) is 14.3 Å². The molecule has 0 unspecified atom stereocenters. The van der Waals surface area contributed by atoms with Gasteiger partial charge in [0.25, 0.3) is 11.5 Å². The summed E-state index contributed by atoms with van der Waals surface area (Å²) in [5.41, 5.74) is 1.54. The van der Waals surface area contributed by atoms with Gasteiger partial charge >= 0.3 is 0 Å². The zero-order valence-corrected chi connectivity index (χ0v) is 11.2. The van der Waals surface area contributed by atoms with Crippen LogP contribution in [-0.4, -0.2) is 20.3 Å². The smallest absolute Gasteiger partial charge is 0.256 e. The predicted molar refractivity (Wildman–Crippen MR) is 72.3 cm³/mol. The molecule has 2 aromatic rings. The number of aromatic nitrogens is 3. The first-order valence-corrected chi connectivity index (χ1v) is 6.03. The molecule has 0 fully saturated rings. The van der Waals surface area contributed by atoms with Gasteiger partial charge in [0.2, 0.25) is 0 Å². The number of carbonyl (C=O) groups is 1. The third-order valence-electron chi connectivity index (χ3n) is 2.86. The van der Waals surface area contributed by atoms with Crippen LogP contribution >= 0.6 is 0 Å². The maximum atomic E-state index is 12.0. The highest BCUT2D eigenvalue weighted by molar-refractivity contribution is 6.04. The zero-order valence-electron chi connectivity index (χ0n) is 11.2. The second-order valence-electron chi connectivity index (χ2n) is 4.30.